The van der Waals surface area contributed by atoms with Crippen LogP contribution in [-0.2, 0) is 4.79 Å². The van der Waals surface area contributed by atoms with E-state index in [9.17, 15) is 9.18 Å². The van der Waals surface area contributed by atoms with Gasteiger partial charge in [0, 0.05) is 12.1 Å². The average Bonchev–Trinajstić information content (AvgIpc) is 2.85. The van der Waals surface area contributed by atoms with Crippen molar-refractivity contribution in [2.24, 2.45) is 0 Å². The lowest BCUT2D eigenvalue weighted by atomic mass is 10.2. The van der Waals surface area contributed by atoms with Crippen molar-refractivity contribution in [3.63, 3.8) is 0 Å². The van der Waals surface area contributed by atoms with E-state index in [4.69, 9.17) is 4.42 Å². The van der Waals surface area contributed by atoms with Gasteiger partial charge in [0.25, 0.3) is 5.22 Å². The van der Waals surface area contributed by atoms with Crippen LogP contribution in [0.25, 0.3) is 11.3 Å². The van der Waals surface area contributed by atoms with Gasteiger partial charge in [-0.25, -0.2) is 9.37 Å². The van der Waals surface area contributed by atoms with Gasteiger partial charge in [-0.2, -0.15) is 0 Å². The van der Waals surface area contributed by atoms with E-state index in [0.29, 0.717) is 11.0 Å². The summed E-state index contributed by atoms with van der Waals surface area (Å²) in [5.41, 5.74) is 0.765. The third kappa shape index (κ3) is 3.44. The minimum Gasteiger partial charge on any atom is -0.431 e. The Morgan fingerprint density at radius 1 is 1.29 bits per heavy atom. The fourth-order valence-electron chi connectivity index (χ4n) is 2.21. The molecule has 3 rings (SSSR count). The second-order valence-corrected chi connectivity index (χ2v) is 6.04. The van der Waals surface area contributed by atoms with Gasteiger partial charge in [0.2, 0.25) is 5.91 Å². The monoisotopic (exact) mass is 306 g/mol. The van der Waals surface area contributed by atoms with E-state index in [2.05, 4.69) is 10.3 Å². The lowest BCUT2D eigenvalue weighted by Crippen LogP contribution is -2.30. The highest BCUT2D eigenvalue weighted by molar-refractivity contribution is 8.00. The smallest absolute Gasteiger partial charge is 0.256 e. The lowest BCUT2D eigenvalue weighted by molar-refractivity contribution is -0.120. The third-order valence-electron chi connectivity index (χ3n) is 3.34. The molecule has 4 nitrogen and oxygen atoms in total. The average molecular weight is 306 g/mol. The molecule has 1 aromatic carbocycles. The van der Waals surface area contributed by atoms with E-state index < -0.39 is 0 Å². The Morgan fingerprint density at radius 2 is 2.10 bits per heavy atom. The first kappa shape index (κ1) is 14.1. The van der Waals surface area contributed by atoms with Gasteiger partial charge < -0.3 is 9.73 Å². The molecule has 1 atom stereocenters. The fraction of sp³-hybridized carbons (Fsp3) is 0.333. The van der Waals surface area contributed by atoms with Crippen LogP contribution in [0.4, 0.5) is 4.39 Å². The minimum atomic E-state index is -0.289. The maximum absolute atomic E-state index is 12.9. The van der Waals surface area contributed by atoms with Gasteiger partial charge in [0.1, 0.15) is 5.82 Å². The van der Waals surface area contributed by atoms with Crippen LogP contribution < -0.4 is 5.32 Å². The molecule has 1 N–H and O–H groups in total. The van der Waals surface area contributed by atoms with Crippen molar-refractivity contribution in [2.45, 2.75) is 29.7 Å². The van der Waals surface area contributed by atoms with Crippen molar-refractivity contribution in [1.82, 2.24) is 10.3 Å². The lowest BCUT2D eigenvalue weighted by Gasteiger charge is -2.09. The predicted molar refractivity (Wildman–Crippen MR) is 78.4 cm³/mol. The van der Waals surface area contributed by atoms with Crippen LogP contribution >= 0.6 is 11.8 Å². The molecule has 1 aliphatic rings. The van der Waals surface area contributed by atoms with Gasteiger partial charge in [0.15, 0.2) is 5.76 Å². The highest BCUT2D eigenvalue weighted by atomic mass is 32.2. The van der Waals surface area contributed by atoms with Crippen molar-refractivity contribution in [2.75, 3.05) is 6.54 Å². The first-order valence-corrected chi connectivity index (χ1v) is 7.76. The molecular formula is C15H15FN2O2S. The number of nitrogens with zero attached hydrogens (tertiary/aromatic N) is 1. The van der Waals surface area contributed by atoms with Crippen LogP contribution in [0.3, 0.4) is 0 Å². The number of hydrogen-bond acceptors (Lipinski definition) is 4. The van der Waals surface area contributed by atoms with Crippen LogP contribution in [0.15, 0.2) is 40.1 Å². The molecule has 21 heavy (non-hydrogen) atoms. The Morgan fingerprint density at radius 3 is 2.90 bits per heavy atom. The van der Waals surface area contributed by atoms with E-state index in [1.54, 1.807) is 18.3 Å². The zero-order valence-electron chi connectivity index (χ0n) is 11.3. The summed E-state index contributed by atoms with van der Waals surface area (Å²) in [4.78, 5) is 16.1. The summed E-state index contributed by atoms with van der Waals surface area (Å²) in [7, 11) is 0. The van der Waals surface area contributed by atoms with E-state index in [-0.39, 0.29) is 17.0 Å². The Kier molecular flexibility index (Phi) is 4.24. The summed E-state index contributed by atoms with van der Waals surface area (Å²) in [5, 5.41) is 3.20. The minimum absolute atomic E-state index is 0.0408. The van der Waals surface area contributed by atoms with Crippen molar-refractivity contribution in [3.8, 4) is 11.3 Å². The number of thioether (sulfide) groups is 1. The Bertz CT molecular complexity index is 627. The number of rotatable bonds is 3. The predicted octanol–water partition coefficient (Wildman–Crippen LogP) is 3.24. The first-order chi connectivity index (χ1) is 10.2. The van der Waals surface area contributed by atoms with E-state index >= 15 is 0 Å². The van der Waals surface area contributed by atoms with Crippen LogP contribution in [-0.4, -0.2) is 22.7 Å². The number of benzene rings is 1. The third-order valence-corrected chi connectivity index (χ3v) is 4.47. The van der Waals surface area contributed by atoms with Crippen LogP contribution in [0.1, 0.15) is 19.3 Å². The topological polar surface area (TPSA) is 55.1 Å². The Hall–Kier alpha value is -1.82. The van der Waals surface area contributed by atoms with E-state index in [1.807, 2.05) is 0 Å². The molecule has 1 aromatic heterocycles. The second-order valence-electron chi connectivity index (χ2n) is 4.89. The molecule has 110 valence electrons. The number of oxazole rings is 1. The summed E-state index contributed by atoms with van der Waals surface area (Å²) >= 11 is 1.34. The molecule has 1 aliphatic heterocycles. The van der Waals surface area contributed by atoms with Crippen LogP contribution in [0.2, 0.25) is 0 Å². The Labute approximate surface area is 126 Å². The van der Waals surface area contributed by atoms with Gasteiger partial charge in [-0.05, 0) is 37.1 Å². The largest absolute Gasteiger partial charge is 0.431 e. The summed E-state index contributed by atoms with van der Waals surface area (Å²) in [6, 6.07) is 6.04. The van der Waals surface area contributed by atoms with Crippen molar-refractivity contribution >= 4 is 17.7 Å². The molecule has 2 aromatic rings. The van der Waals surface area contributed by atoms with E-state index in [0.717, 1.165) is 31.4 Å². The maximum Gasteiger partial charge on any atom is 0.256 e. The molecule has 1 fully saturated rings. The fourth-order valence-corrected chi connectivity index (χ4v) is 3.18. The van der Waals surface area contributed by atoms with E-state index in [1.165, 1.54) is 23.9 Å². The van der Waals surface area contributed by atoms with Crippen LogP contribution in [0.5, 0.6) is 0 Å². The second kappa shape index (κ2) is 6.30. The van der Waals surface area contributed by atoms with Gasteiger partial charge in [-0.3, -0.25) is 4.79 Å². The molecule has 6 heteroatoms. The summed E-state index contributed by atoms with van der Waals surface area (Å²) in [5.74, 6) is 0.327. The van der Waals surface area contributed by atoms with Gasteiger partial charge in [-0.1, -0.05) is 18.2 Å². The molecule has 0 bridgehead atoms. The van der Waals surface area contributed by atoms with Crippen molar-refractivity contribution in [1.29, 1.82) is 0 Å². The first-order valence-electron chi connectivity index (χ1n) is 6.88. The molecule has 2 heterocycles. The molecule has 1 saturated heterocycles. The zero-order valence-corrected chi connectivity index (χ0v) is 12.2. The summed E-state index contributed by atoms with van der Waals surface area (Å²) in [6.07, 6.45) is 4.45. The highest BCUT2D eigenvalue weighted by Gasteiger charge is 2.23. The number of nitrogens with one attached hydrogen (secondary N) is 1. The standard InChI is InChI=1S/C15H15FN2O2S/c16-11-6-4-10(5-7-11)12-9-18-15(20-12)21-13-3-1-2-8-17-14(13)19/h4-7,9,13H,1-3,8H2,(H,17,19)/t13-/m0/s1. The number of halogens is 1. The SMILES string of the molecule is O=C1NCCCC[C@@H]1Sc1ncc(-c2ccc(F)cc2)o1. The van der Waals surface area contributed by atoms with Crippen LogP contribution in [0, 0.1) is 5.82 Å². The van der Waals surface area contributed by atoms with Gasteiger partial charge in [-0.15, -0.1) is 0 Å². The summed E-state index contributed by atoms with van der Waals surface area (Å²) in [6.45, 7) is 0.738. The van der Waals surface area contributed by atoms with Crippen molar-refractivity contribution in [3.05, 3.63) is 36.3 Å². The zero-order chi connectivity index (χ0) is 14.7. The Balaban J connectivity index is 1.72. The molecular weight excluding hydrogens is 291 g/mol. The normalized spacial score (nSPS) is 19.1. The number of hydrogen-bond donors (Lipinski definition) is 1. The van der Waals surface area contributed by atoms with Gasteiger partial charge in [0.05, 0.1) is 11.4 Å². The molecule has 0 unspecified atom stereocenters. The molecule has 1 amide bonds. The number of amides is 1. The highest BCUT2D eigenvalue weighted by Crippen LogP contribution is 2.30. The number of carbonyl (C=O) groups excluding carboxylic acids is 1. The molecule has 0 aliphatic carbocycles. The number of carbonyl (C=O) groups is 1. The van der Waals surface area contributed by atoms with Gasteiger partial charge >= 0.3 is 0 Å². The quantitative estimate of drug-likeness (QED) is 0.946. The molecule has 0 saturated carbocycles. The summed E-state index contributed by atoms with van der Waals surface area (Å²) < 4.78 is 18.6. The molecule has 0 spiro atoms. The maximum atomic E-state index is 12.9. The molecule has 0 radical (unpaired) electrons. The number of aromatic nitrogens is 1. The van der Waals surface area contributed by atoms with Crippen molar-refractivity contribution < 1.29 is 13.6 Å².